The Morgan fingerprint density at radius 3 is 2.59 bits per heavy atom. The maximum atomic E-state index is 14.1. The summed E-state index contributed by atoms with van der Waals surface area (Å²) in [6.45, 7) is 0. The van der Waals surface area contributed by atoms with Gasteiger partial charge in [-0.3, -0.25) is 4.79 Å². The zero-order chi connectivity index (χ0) is 16.4. The lowest BCUT2D eigenvalue weighted by atomic mass is 10.1. The summed E-state index contributed by atoms with van der Waals surface area (Å²) in [6, 6.07) is 2.19. The number of aromatic amines is 1. The third kappa shape index (κ3) is 2.53. The Balaban J connectivity index is 2.94. The van der Waals surface area contributed by atoms with Crippen molar-refractivity contribution in [3.8, 4) is 23.1 Å². The van der Waals surface area contributed by atoms with Gasteiger partial charge in [-0.15, -0.1) is 0 Å². The van der Waals surface area contributed by atoms with Crippen molar-refractivity contribution in [3.05, 3.63) is 39.4 Å². The van der Waals surface area contributed by atoms with Crippen LogP contribution in [0.5, 0.6) is 5.75 Å². The number of hydrogen-bond donors (Lipinski definition) is 1. The number of hydrogen-bond acceptors (Lipinski definition) is 5. The zero-order valence-electron chi connectivity index (χ0n) is 11.3. The number of nitrogens with one attached hydrogen (secondary N) is 1. The Morgan fingerprint density at radius 1 is 1.36 bits per heavy atom. The SMILES string of the molecule is COc1cc(F)c(F)c(F)c1-c1nc(SC)[nH]c(=O)c1C#N. The third-order valence-electron chi connectivity index (χ3n) is 2.79. The molecule has 0 aliphatic heterocycles. The molecule has 0 atom stereocenters. The standard InChI is InChI=1S/C13H8F3N3O2S/c1-21-7-3-6(14)9(15)10(16)8(7)11-5(4-17)12(20)19-13(18-11)22-2/h3H,1-2H3,(H,18,19,20). The number of aromatic nitrogens is 2. The molecule has 2 aromatic rings. The summed E-state index contributed by atoms with van der Waals surface area (Å²) in [4.78, 5) is 18.0. The van der Waals surface area contributed by atoms with E-state index >= 15 is 0 Å². The molecule has 22 heavy (non-hydrogen) atoms. The van der Waals surface area contributed by atoms with Crippen molar-refractivity contribution in [2.45, 2.75) is 5.16 Å². The van der Waals surface area contributed by atoms with Crippen molar-refractivity contribution in [2.75, 3.05) is 13.4 Å². The lowest BCUT2D eigenvalue weighted by Crippen LogP contribution is -2.15. The van der Waals surface area contributed by atoms with Gasteiger partial charge in [0.25, 0.3) is 5.56 Å². The normalized spacial score (nSPS) is 10.4. The molecule has 1 N–H and O–H groups in total. The number of thioether (sulfide) groups is 1. The number of ether oxygens (including phenoxy) is 1. The molecule has 0 spiro atoms. The lowest BCUT2D eigenvalue weighted by Gasteiger charge is -2.12. The molecule has 0 amide bonds. The Labute approximate surface area is 126 Å². The van der Waals surface area contributed by atoms with Gasteiger partial charge in [0.15, 0.2) is 22.6 Å². The van der Waals surface area contributed by atoms with Gasteiger partial charge in [-0.2, -0.15) is 5.26 Å². The molecule has 0 aliphatic rings. The van der Waals surface area contributed by atoms with Crippen molar-refractivity contribution in [1.82, 2.24) is 9.97 Å². The lowest BCUT2D eigenvalue weighted by molar-refractivity contribution is 0.394. The van der Waals surface area contributed by atoms with Gasteiger partial charge >= 0.3 is 0 Å². The molecule has 0 aliphatic carbocycles. The minimum atomic E-state index is -1.74. The zero-order valence-corrected chi connectivity index (χ0v) is 12.1. The highest BCUT2D eigenvalue weighted by Crippen LogP contribution is 2.35. The molecule has 1 heterocycles. The van der Waals surface area contributed by atoms with E-state index in [2.05, 4.69) is 9.97 Å². The Hall–Kier alpha value is -2.47. The van der Waals surface area contributed by atoms with Gasteiger partial charge in [-0.05, 0) is 6.26 Å². The maximum absolute atomic E-state index is 14.1. The molecule has 0 bridgehead atoms. The maximum Gasteiger partial charge on any atom is 0.270 e. The first-order chi connectivity index (χ1) is 10.4. The average molecular weight is 327 g/mol. The first kappa shape index (κ1) is 15.9. The van der Waals surface area contributed by atoms with Crippen molar-refractivity contribution in [3.63, 3.8) is 0 Å². The van der Waals surface area contributed by atoms with E-state index in [-0.39, 0.29) is 10.9 Å². The quantitative estimate of drug-likeness (QED) is 0.532. The van der Waals surface area contributed by atoms with Crippen LogP contribution in [0.3, 0.4) is 0 Å². The van der Waals surface area contributed by atoms with E-state index in [1.54, 1.807) is 12.3 Å². The Kier molecular flexibility index (Phi) is 4.42. The summed E-state index contributed by atoms with van der Waals surface area (Å²) in [5.74, 6) is -5.16. The molecular formula is C13H8F3N3O2S. The van der Waals surface area contributed by atoms with Crippen molar-refractivity contribution >= 4 is 11.8 Å². The predicted molar refractivity (Wildman–Crippen MR) is 73.2 cm³/mol. The number of rotatable bonds is 3. The van der Waals surface area contributed by atoms with E-state index in [1.165, 1.54) is 0 Å². The molecule has 0 unspecified atom stereocenters. The number of methoxy groups -OCH3 is 1. The second-order valence-electron chi connectivity index (χ2n) is 3.97. The number of H-pyrrole nitrogens is 1. The highest BCUT2D eigenvalue weighted by Gasteiger charge is 2.25. The van der Waals surface area contributed by atoms with Gasteiger partial charge in [-0.25, -0.2) is 18.2 Å². The Morgan fingerprint density at radius 2 is 2.05 bits per heavy atom. The summed E-state index contributed by atoms with van der Waals surface area (Å²) >= 11 is 1.03. The van der Waals surface area contributed by atoms with Crippen molar-refractivity contribution in [1.29, 1.82) is 5.26 Å². The van der Waals surface area contributed by atoms with E-state index in [1.807, 2.05) is 0 Å². The highest BCUT2D eigenvalue weighted by molar-refractivity contribution is 7.98. The molecule has 114 valence electrons. The van der Waals surface area contributed by atoms with Gasteiger partial charge < -0.3 is 9.72 Å². The predicted octanol–water partition coefficient (Wildman–Crippen LogP) is 2.46. The first-order valence-corrected chi connectivity index (χ1v) is 6.97. The third-order valence-corrected chi connectivity index (χ3v) is 3.37. The largest absolute Gasteiger partial charge is 0.496 e. The monoisotopic (exact) mass is 327 g/mol. The summed E-state index contributed by atoms with van der Waals surface area (Å²) < 4.78 is 45.7. The molecule has 2 rings (SSSR count). The molecule has 0 saturated heterocycles. The van der Waals surface area contributed by atoms with E-state index < -0.39 is 39.8 Å². The summed E-state index contributed by atoms with van der Waals surface area (Å²) in [5, 5.41) is 9.14. The van der Waals surface area contributed by atoms with Gasteiger partial charge in [0.1, 0.15) is 23.1 Å². The van der Waals surface area contributed by atoms with Crippen LogP contribution < -0.4 is 10.3 Å². The smallest absolute Gasteiger partial charge is 0.270 e. The molecule has 5 nitrogen and oxygen atoms in total. The Bertz CT molecular complexity index is 846. The number of nitrogens with zero attached hydrogens (tertiary/aromatic N) is 2. The molecule has 1 aromatic carbocycles. The molecule has 0 saturated carbocycles. The van der Waals surface area contributed by atoms with Crippen LogP contribution in [0.1, 0.15) is 5.56 Å². The summed E-state index contributed by atoms with van der Waals surface area (Å²) in [5.41, 5.74) is -2.34. The molecule has 9 heteroatoms. The van der Waals surface area contributed by atoms with Gasteiger partial charge in [0, 0.05) is 6.07 Å². The highest BCUT2D eigenvalue weighted by atomic mass is 32.2. The fraction of sp³-hybridized carbons (Fsp3) is 0.154. The number of benzene rings is 1. The minimum absolute atomic E-state index is 0.0881. The van der Waals surface area contributed by atoms with Crippen molar-refractivity contribution in [2.24, 2.45) is 0 Å². The van der Waals surface area contributed by atoms with Crippen LogP contribution >= 0.6 is 11.8 Å². The molecule has 0 radical (unpaired) electrons. The van der Waals surface area contributed by atoms with Crippen LogP contribution in [-0.4, -0.2) is 23.3 Å². The van der Waals surface area contributed by atoms with Crippen LogP contribution in [-0.2, 0) is 0 Å². The molecule has 1 aromatic heterocycles. The summed E-state index contributed by atoms with van der Waals surface area (Å²) in [6.07, 6.45) is 1.59. The van der Waals surface area contributed by atoms with Crippen LogP contribution in [0.2, 0.25) is 0 Å². The van der Waals surface area contributed by atoms with Gasteiger partial charge in [0.2, 0.25) is 0 Å². The van der Waals surface area contributed by atoms with Crippen LogP contribution in [0.4, 0.5) is 13.2 Å². The van der Waals surface area contributed by atoms with Crippen LogP contribution in [0.25, 0.3) is 11.3 Å². The first-order valence-electron chi connectivity index (χ1n) is 5.74. The fourth-order valence-electron chi connectivity index (χ4n) is 1.79. The fourth-order valence-corrected chi connectivity index (χ4v) is 2.17. The second-order valence-corrected chi connectivity index (χ2v) is 4.77. The van der Waals surface area contributed by atoms with E-state index in [0.29, 0.717) is 6.07 Å². The van der Waals surface area contributed by atoms with E-state index in [0.717, 1.165) is 18.9 Å². The van der Waals surface area contributed by atoms with E-state index in [4.69, 9.17) is 10.00 Å². The second kappa shape index (κ2) is 6.11. The van der Waals surface area contributed by atoms with Crippen LogP contribution in [0, 0.1) is 28.8 Å². The average Bonchev–Trinajstić information content (AvgIpc) is 2.51. The molecular weight excluding hydrogens is 319 g/mol. The number of nitriles is 1. The minimum Gasteiger partial charge on any atom is -0.496 e. The number of halogens is 3. The van der Waals surface area contributed by atoms with Gasteiger partial charge in [0.05, 0.1) is 12.7 Å². The van der Waals surface area contributed by atoms with Gasteiger partial charge in [-0.1, -0.05) is 11.8 Å². The summed E-state index contributed by atoms with van der Waals surface area (Å²) in [7, 11) is 1.12. The van der Waals surface area contributed by atoms with Crippen molar-refractivity contribution < 1.29 is 17.9 Å². The van der Waals surface area contributed by atoms with Crippen LogP contribution in [0.15, 0.2) is 16.0 Å². The van der Waals surface area contributed by atoms with E-state index in [9.17, 15) is 18.0 Å². The molecule has 0 fully saturated rings. The topological polar surface area (TPSA) is 78.8 Å².